The highest BCUT2D eigenvalue weighted by molar-refractivity contribution is 5.16. The molecule has 0 unspecified atom stereocenters. The maximum atomic E-state index is 4.28. The van der Waals surface area contributed by atoms with Gasteiger partial charge in [-0.15, -0.1) is 0 Å². The lowest BCUT2D eigenvalue weighted by molar-refractivity contribution is 0.567. The van der Waals surface area contributed by atoms with Crippen LogP contribution >= 0.6 is 0 Å². The van der Waals surface area contributed by atoms with Crippen LogP contribution in [-0.2, 0) is 11.8 Å². The van der Waals surface area contributed by atoms with Crippen LogP contribution < -0.4 is 0 Å². The van der Waals surface area contributed by atoms with Gasteiger partial charge in [-0.05, 0) is 12.5 Å². The number of hydrogen-bond acceptors (Lipinski definition) is 1. The Morgan fingerprint density at radius 2 is 2.08 bits per heavy atom. The van der Waals surface area contributed by atoms with Gasteiger partial charge < -0.3 is 0 Å². The number of hydrogen-bond donors (Lipinski definition) is 1. The van der Waals surface area contributed by atoms with Crippen molar-refractivity contribution in [3.63, 3.8) is 0 Å². The van der Waals surface area contributed by atoms with E-state index in [1.165, 1.54) is 12.1 Å². The van der Waals surface area contributed by atoms with Gasteiger partial charge in [0.1, 0.15) is 0 Å². The first-order valence-corrected chi connectivity index (χ1v) is 4.59. The lowest BCUT2D eigenvalue weighted by Crippen LogP contribution is -2.11. The minimum atomic E-state index is 0.169. The summed E-state index contributed by atoms with van der Waals surface area (Å²) in [5, 5.41) is 7.34. The van der Waals surface area contributed by atoms with Gasteiger partial charge in [-0.2, -0.15) is 5.10 Å². The van der Waals surface area contributed by atoms with E-state index in [1.54, 1.807) is 0 Å². The molecule has 1 rings (SSSR count). The highest BCUT2D eigenvalue weighted by Gasteiger charge is 2.16. The fourth-order valence-corrected chi connectivity index (χ4v) is 1.14. The largest absolute Gasteiger partial charge is 0.282 e. The fourth-order valence-electron chi connectivity index (χ4n) is 1.14. The van der Waals surface area contributed by atoms with E-state index >= 15 is 0 Å². The molecule has 0 fully saturated rings. The van der Waals surface area contributed by atoms with Crippen LogP contribution in [0.3, 0.4) is 0 Å². The summed E-state index contributed by atoms with van der Waals surface area (Å²) in [6, 6.07) is 2.17. The summed E-state index contributed by atoms with van der Waals surface area (Å²) in [4.78, 5) is 0. The van der Waals surface area contributed by atoms with Crippen LogP contribution in [0, 0.1) is 0 Å². The van der Waals surface area contributed by atoms with E-state index in [0.29, 0.717) is 0 Å². The molecule has 0 aromatic carbocycles. The molecule has 0 aliphatic heterocycles. The monoisotopic (exact) mass is 166 g/mol. The van der Waals surface area contributed by atoms with Crippen LogP contribution in [0.15, 0.2) is 6.07 Å². The van der Waals surface area contributed by atoms with Gasteiger partial charge in [0.2, 0.25) is 0 Å². The van der Waals surface area contributed by atoms with E-state index in [4.69, 9.17) is 0 Å². The number of H-pyrrole nitrogens is 1. The average Bonchev–Trinajstić information content (AvgIpc) is 2.35. The van der Waals surface area contributed by atoms with Crippen molar-refractivity contribution >= 4 is 0 Å². The van der Waals surface area contributed by atoms with Gasteiger partial charge in [0.15, 0.2) is 0 Å². The molecule has 68 valence electrons. The molecule has 0 radical (unpaired) electrons. The van der Waals surface area contributed by atoms with E-state index in [0.717, 1.165) is 12.1 Å². The number of aromatic nitrogens is 2. The summed E-state index contributed by atoms with van der Waals surface area (Å²) < 4.78 is 0. The lowest BCUT2D eigenvalue weighted by atomic mass is 9.92. The maximum Gasteiger partial charge on any atom is 0.0678 e. The van der Waals surface area contributed by atoms with Crippen molar-refractivity contribution in [3.05, 3.63) is 17.5 Å². The molecule has 0 aliphatic carbocycles. The highest BCUT2D eigenvalue weighted by atomic mass is 15.1. The molecule has 0 spiro atoms. The normalized spacial score (nSPS) is 12.0. The molecule has 2 heteroatoms. The van der Waals surface area contributed by atoms with Crippen molar-refractivity contribution in [2.75, 3.05) is 0 Å². The second-order valence-electron chi connectivity index (χ2n) is 4.28. The summed E-state index contributed by atoms with van der Waals surface area (Å²) >= 11 is 0. The lowest BCUT2D eigenvalue weighted by Gasteiger charge is -2.13. The predicted octanol–water partition coefficient (Wildman–Crippen LogP) is 2.66. The second-order valence-corrected chi connectivity index (χ2v) is 4.28. The molecule has 1 heterocycles. The van der Waals surface area contributed by atoms with Gasteiger partial charge in [0.25, 0.3) is 0 Å². The highest BCUT2D eigenvalue weighted by Crippen LogP contribution is 2.20. The zero-order chi connectivity index (χ0) is 9.19. The van der Waals surface area contributed by atoms with Crippen LogP contribution in [0.4, 0.5) is 0 Å². The number of aryl methyl sites for hydroxylation is 1. The average molecular weight is 166 g/mol. The van der Waals surface area contributed by atoms with E-state index < -0.39 is 0 Å². The zero-order valence-electron chi connectivity index (χ0n) is 8.44. The third-order valence-electron chi connectivity index (χ3n) is 1.92. The summed E-state index contributed by atoms with van der Waals surface area (Å²) in [7, 11) is 0. The Morgan fingerprint density at radius 1 is 1.42 bits per heavy atom. The van der Waals surface area contributed by atoms with Crippen molar-refractivity contribution in [1.29, 1.82) is 0 Å². The quantitative estimate of drug-likeness (QED) is 0.719. The first-order valence-electron chi connectivity index (χ1n) is 4.59. The van der Waals surface area contributed by atoms with Crippen LogP contribution in [0.2, 0.25) is 0 Å². The molecular weight excluding hydrogens is 148 g/mol. The van der Waals surface area contributed by atoms with Crippen molar-refractivity contribution < 1.29 is 0 Å². The first-order chi connectivity index (χ1) is 5.54. The third-order valence-corrected chi connectivity index (χ3v) is 1.92. The Kier molecular flexibility index (Phi) is 2.55. The number of rotatable bonds is 2. The zero-order valence-corrected chi connectivity index (χ0v) is 8.44. The molecule has 1 N–H and O–H groups in total. The van der Waals surface area contributed by atoms with E-state index in [-0.39, 0.29) is 5.41 Å². The Labute approximate surface area is 74.4 Å². The molecular formula is C10H18N2. The van der Waals surface area contributed by atoms with Gasteiger partial charge in [0.05, 0.1) is 5.69 Å². The van der Waals surface area contributed by atoms with Crippen LogP contribution in [0.25, 0.3) is 0 Å². The number of nitrogens with one attached hydrogen (secondary N) is 1. The van der Waals surface area contributed by atoms with E-state index in [2.05, 4.69) is 44.0 Å². The smallest absolute Gasteiger partial charge is 0.0678 e. The summed E-state index contributed by atoms with van der Waals surface area (Å²) in [6.45, 7) is 8.72. The second kappa shape index (κ2) is 3.30. The maximum absolute atomic E-state index is 4.28. The van der Waals surface area contributed by atoms with E-state index in [9.17, 15) is 0 Å². The number of nitrogens with zero attached hydrogens (tertiary/aromatic N) is 1. The van der Waals surface area contributed by atoms with Gasteiger partial charge in [-0.1, -0.05) is 34.1 Å². The molecule has 1 aromatic heterocycles. The molecule has 0 amide bonds. The van der Waals surface area contributed by atoms with Crippen molar-refractivity contribution in [3.8, 4) is 0 Å². The van der Waals surface area contributed by atoms with Crippen molar-refractivity contribution in [2.45, 2.75) is 46.0 Å². The molecule has 0 saturated heterocycles. The van der Waals surface area contributed by atoms with Gasteiger partial charge >= 0.3 is 0 Å². The molecule has 0 saturated carbocycles. The topological polar surface area (TPSA) is 28.7 Å². The minimum Gasteiger partial charge on any atom is -0.282 e. The minimum absolute atomic E-state index is 0.169. The predicted molar refractivity (Wildman–Crippen MR) is 51.3 cm³/mol. The Bertz CT molecular complexity index is 243. The Balaban J connectivity index is 2.77. The van der Waals surface area contributed by atoms with Gasteiger partial charge in [0, 0.05) is 11.1 Å². The third kappa shape index (κ3) is 2.10. The molecule has 0 atom stereocenters. The van der Waals surface area contributed by atoms with Crippen molar-refractivity contribution in [2.24, 2.45) is 0 Å². The summed E-state index contributed by atoms with van der Waals surface area (Å²) in [5.74, 6) is 0. The van der Waals surface area contributed by atoms with Crippen LogP contribution in [-0.4, -0.2) is 10.2 Å². The summed E-state index contributed by atoms with van der Waals surface area (Å²) in [5.41, 5.74) is 2.58. The molecule has 0 aliphatic rings. The Morgan fingerprint density at radius 3 is 2.50 bits per heavy atom. The molecule has 0 bridgehead atoms. The van der Waals surface area contributed by atoms with Crippen LogP contribution in [0.5, 0.6) is 0 Å². The number of aromatic amines is 1. The standard InChI is InChI=1S/C10H18N2/c1-5-6-8-7-9(12-11-8)10(2,3)4/h7H,5-6H2,1-4H3,(H,11,12). The molecule has 12 heavy (non-hydrogen) atoms. The summed E-state index contributed by atoms with van der Waals surface area (Å²) in [6.07, 6.45) is 2.27. The van der Waals surface area contributed by atoms with Crippen molar-refractivity contribution in [1.82, 2.24) is 10.2 Å². The SMILES string of the molecule is CCCc1cc(C(C)(C)C)n[nH]1. The molecule has 2 nitrogen and oxygen atoms in total. The fraction of sp³-hybridized carbons (Fsp3) is 0.700. The first kappa shape index (κ1) is 9.30. The van der Waals surface area contributed by atoms with Gasteiger partial charge in [-0.3, -0.25) is 5.10 Å². The van der Waals surface area contributed by atoms with Gasteiger partial charge in [-0.25, -0.2) is 0 Å². The van der Waals surface area contributed by atoms with E-state index in [1.807, 2.05) is 0 Å². The Hall–Kier alpha value is -0.790. The molecule has 1 aromatic rings. The van der Waals surface area contributed by atoms with Crippen LogP contribution in [0.1, 0.15) is 45.5 Å².